The van der Waals surface area contributed by atoms with Crippen LogP contribution in [0.15, 0.2) is 48.0 Å². The number of fused-ring (bicyclic) bond motifs is 1. The highest BCUT2D eigenvalue weighted by atomic mass is 16.4. The number of benzene rings is 1. The Balaban J connectivity index is 1.66. The van der Waals surface area contributed by atoms with E-state index in [1.807, 2.05) is 24.3 Å². The summed E-state index contributed by atoms with van der Waals surface area (Å²) in [5, 5.41) is 18.3. The lowest BCUT2D eigenvalue weighted by atomic mass is 10.0. The van der Waals surface area contributed by atoms with Crippen molar-refractivity contribution >= 4 is 40.6 Å². The van der Waals surface area contributed by atoms with Gasteiger partial charge in [-0.1, -0.05) is 18.2 Å². The molecule has 3 rings (SSSR count). The Morgan fingerprint density at radius 1 is 1.00 bits per heavy atom. The number of hydrogen-bond donors (Lipinski definition) is 9. The highest BCUT2D eigenvalue weighted by molar-refractivity contribution is 5.94. The maximum Gasteiger partial charge on any atom is 0.326 e. The first kappa shape index (κ1) is 30.6. The van der Waals surface area contributed by atoms with Crippen molar-refractivity contribution in [3.8, 4) is 0 Å². The van der Waals surface area contributed by atoms with Crippen molar-refractivity contribution in [2.24, 2.45) is 22.2 Å². The molecule has 2 aromatic heterocycles. The molecule has 0 aliphatic rings. The van der Waals surface area contributed by atoms with E-state index in [0.717, 1.165) is 10.9 Å². The van der Waals surface area contributed by atoms with Gasteiger partial charge < -0.3 is 48.2 Å². The number of rotatable bonds is 15. The van der Waals surface area contributed by atoms with Gasteiger partial charge in [-0.05, 0) is 31.4 Å². The van der Waals surface area contributed by atoms with Crippen LogP contribution in [0.5, 0.6) is 0 Å². The molecule has 15 nitrogen and oxygen atoms in total. The zero-order valence-corrected chi connectivity index (χ0v) is 22.6. The molecule has 0 spiro atoms. The van der Waals surface area contributed by atoms with E-state index in [1.165, 1.54) is 19.4 Å². The number of nitrogens with two attached hydrogens (primary N) is 3. The number of guanidine groups is 1. The molecule has 4 unspecified atom stereocenters. The lowest BCUT2D eigenvalue weighted by Crippen LogP contribution is -2.56. The molecule has 0 bridgehead atoms. The number of carbonyl (C=O) groups is 4. The van der Waals surface area contributed by atoms with E-state index in [-0.39, 0.29) is 31.8 Å². The maximum atomic E-state index is 13.2. The van der Waals surface area contributed by atoms with Crippen LogP contribution in [0.3, 0.4) is 0 Å². The van der Waals surface area contributed by atoms with E-state index in [1.54, 1.807) is 6.20 Å². The van der Waals surface area contributed by atoms with Gasteiger partial charge in [0.25, 0.3) is 0 Å². The van der Waals surface area contributed by atoms with Gasteiger partial charge in [-0.3, -0.25) is 19.4 Å². The van der Waals surface area contributed by atoms with E-state index in [2.05, 4.69) is 35.9 Å². The van der Waals surface area contributed by atoms with Gasteiger partial charge in [0.1, 0.15) is 18.1 Å². The fourth-order valence-corrected chi connectivity index (χ4v) is 4.17. The second kappa shape index (κ2) is 14.5. The van der Waals surface area contributed by atoms with E-state index in [4.69, 9.17) is 17.2 Å². The number of carboxylic acids is 1. The van der Waals surface area contributed by atoms with Gasteiger partial charge >= 0.3 is 5.97 Å². The molecule has 4 atom stereocenters. The molecule has 3 aromatic rings. The number of hydrogen-bond acceptors (Lipinski definition) is 7. The molecule has 15 heteroatoms. The third kappa shape index (κ3) is 9.06. The molecule has 0 aliphatic heterocycles. The van der Waals surface area contributed by atoms with Crippen molar-refractivity contribution in [3.63, 3.8) is 0 Å². The predicted molar refractivity (Wildman–Crippen MR) is 151 cm³/mol. The molecule has 0 saturated carbocycles. The van der Waals surface area contributed by atoms with Gasteiger partial charge in [0.2, 0.25) is 17.7 Å². The third-order valence-electron chi connectivity index (χ3n) is 6.38. The van der Waals surface area contributed by atoms with Gasteiger partial charge in [0.15, 0.2) is 5.96 Å². The minimum Gasteiger partial charge on any atom is -0.480 e. The van der Waals surface area contributed by atoms with Gasteiger partial charge in [0, 0.05) is 48.4 Å². The zero-order valence-electron chi connectivity index (χ0n) is 22.6. The number of carboxylic acid groups (broad SMARTS) is 1. The summed E-state index contributed by atoms with van der Waals surface area (Å²) in [7, 11) is 0. The van der Waals surface area contributed by atoms with E-state index >= 15 is 0 Å². The molecule has 2 heterocycles. The average molecular weight is 569 g/mol. The third-order valence-corrected chi connectivity index (χ3v) is 6.38. The first-order chi connectivity index (χ1) is 19.5. The zero-order chi connectivity index (χ0) is 29.9. The van der Waals surface area contributed by atoms with Crippen LogP contribution in [-0.2, 0) is 32.0 Å². The molecule has 0 saturated heterocycles. The lowest BCUT2D eigenvalue weighted by Gasteiger charge is -2.23. The van der Waals surface area contributed by atoms with E-state index in [9.17, 15) is 24.3 Å². The molecular weight excluding hydrogens is 532 g/mol. The fraction of sp³-hybridized carbons (Fsp3) is 0.385. The number of H-pyrrole nitrogens is 2. The molecule has 0 aliphatic carbocycles. The highest BCUT2D eigenvalue weighted by Crippen LogP contribution is 2.19. The van der Waals surface area contributed by atoms with Crippen LogP contribution < -0.4 is 33.2 Å². The summed E-state index contributed by atoms with van der Waals surface area (Å²) in [5.41, 5.74) is 18.9. The highest BCUT2D eigenvalue weighted by Gasteiger charge is 2.29. The van der Waals surface area contributed by atoms with Gasteiger partial charge in [-0.2, -0.15) is 0 Å². The Kier molecular flexibility index (Phi) is 10.8. The normalized spacial score (nSPS) is 13.9. The van der Waals surface area contributed by atoms with Crippen LogP contribution >= 0.6 is 0 Å². The molecule has 0 fully saturated rings. The van der Waals surface area contributed by atoms with E-state index in [0.29, 0.717) is 17.7 Å². The summed E-state index contributed by atoms with van der Waals surface area (Å²) in [6.07, 6.45) is 5.31. The number of amides is 3. The number of carbonyl (C=O) groups excluding carboxylic acids is 3. The van der Waals surface area contributed by atoms with Crippen LogP contribution in [0.25, 0.3) is 10.9 Å². The SMILES string of the molecule is CC(NC(=O)C(N)Cc1cnc[nH]1)C(=O)NC(CCCN=C(N)N)C(=O)NC(Cc1c[nH]c2ccccc12)C(=O)O. The van der Waals surface area contributed by atoms with Crippen LogP contribution in [0, 0.1) is 0 Å². The van der Waals surface area contributed by atoms with Crippen molar-refractivity contribution < 1.29 is 24.3 Å². The molecule has 0 radical (unpaired) electrons. The second-order valence-corrected chi connectivity index (χ2v) is 9.59. The van der Waals surface area contributed by atoms with Crippen molar-refractivity contribution in [1.82, 2.24) is 30.9 Å². The van der Waals surface area contributed by atoms with Crippen molar-refractivity contribution in [2.45, 2.75) is 56.8 Å². The molecular formula is C26H36N10O5. The fourth-order valence-electron chi connectivity index (χ4n) is 4.17. The van der Waals surface area contributed by atoms with Crippen LogP contribution in [-0.4, -0.2) is 80.4 Å². The number of nitrogens with one attached hydrogen (secondary N) is 5. The Morgan fingerprint density at radius 3 is 2.41 bits per heavy atom. The minimum absolute atomic E-state index is 0.0143. The molecule has 220 valence electrons. The molecule has 12 N–H and O–H groups in total. The number of imidazole rings is 1. The summed E-state index contributed by atoms with van der Waals surface area (Å²) in [5.74, 6) is -3.29. The van der Waals surface area contributed by atoms with Crippen molar-refractivity contribution in [3.05, 3.63) is 54.2 Å². The van der Waals surface area contributed by atoms with Gasteiger partial charge in [0.05, 0.1) is 12.4 Å². The van der Waals surface area contributed by atoms with Crippen LogP contribution in [0.1, 0.15) is 31.0 Å². The standard InChI is InChI=1S/C26H36N10O5/c1-14(34-23(38)18(27)10-16-12-30-13-33-16)22(37)35-20(7-4-8-31-26(28)29)24(39)36-21(25(40)41)9-15-11-32-19-6-3-2-5-17(15)19/h2-3,5-6,11-14,18,20-21,32H,4,7-10,27H2,1H3,(H,30,33)(H,34,38)(H,35,37)(H,36,39)(H,40,41)(H4,28,29,31). The number of nitrogens with zero attached hydrogens (tertiary/aromatic N) is 2. The summed E-state index contributed by atoms with van der Waals surface area (Å²) in [4.78, 5) is 64.4. The van der Waals surface area contributed by atoms with Crippen LogP contribution in [0.2, 0.25) is 0 Å². The number of aromatic nitrogens is 3. The summed E-state index contributed by atoms with van der Waals surface area (Å²) < 4.78 is 0. The Bertz CT molecular complexity index is 1370. The Labute approximate surface area is 235 Å². The first-order valence-corrected chi connectivity index (χ1v) is 13.0. The van der Waals surface area contributed by atoms with Crippen LogP contribution in [0.4, 0.5) is 0 Å². The quantitative estimate of drug-likeness (QED) is 0.0593. The molecule has 1 aromatic carbocycles. The monoisotopic (exact) mass is 568 g/mol. The summed E-state index contributed by atoms with van der Waals surface area (Å²) in [6, 6.07) is 3.03. The molecule has 3 amide bonds. The lowest BCUT2D eigenvalue weighted by molar-refractivity contribution is -0.142. The maximum absolute atomic E-state index is 13.2. The van der Waals surface area contributed by atoms with E-state index < -0.39 is 47.9 Å². The Hall–Kier alpha value is -4.92. The number of aliphatic imine (C=N–C) groups is 1. The van der Waals surface area contributed by atoms with Gasteiger partial charge in [-0.15, -0.1) is 0 Å². The minimum atomic E-state index is -1.27. The first-order valence-electron chi connectivity index (χ1n) is 13.0. The second-order valence-electron chi connectivity index (χ2n) is 9.59. The number of aromatic amines is 2. The summed E-state index contributed by atoms with van der Waals surface area (Å²) >= 11 is 0. The predicted octanol–water partition coefficient (Wildman–Crippen LogP) is -1.38. The van der Waals surface area contributed by atoms with Crippen molar-refractivity contribution in [2.75, 3.05) is 6.54 Å². The van der Waals surface area contributed by atoms with Crippen molar-refractivity contribution in [1.29, 1.82) is 0 Å². The smallest absolute Gasteiger partial charge is 0.326 e. The largest absolute Gasteiger partial charge is 0.480 e. The average Bonchev–Trinajstić information content (AvgIpc) is 3.59. The topological polar surface area (TPSA) is 259 Å². The molecule has 41 heavy (non-hydrogen) atoms. The number of aliphatic carboxylic acids is 1. The van der Waals surface area contributed by atoms with Gasteiger partial charge in [-0.25, -0.2) is 9.78 Å². The number of para-hydroxylation sites is 1. The Morgan fingerprint density at radius 2 is 1.73 bits per heavy atom. The summed E-state index contributed by atoms with van der Waals surface area (Å²) in [6.45, 7) is 1.63.